The first-order valence-corrected chi connectivity index (χ1v) is 17.3. The summed E-state index contributed by atoms with van der Waals surface area (Å²) in [4.78, 5) is 31.7. The fourth-order valence-electron chi connectivity index (χ4n) is 4.91. The molecule has 55 heavy (non-hydrogen) atoms. The van der Waals surface area contributed by atoms with Crippen LogP contribution in [0.1, 0.15) is 61.8 Å². The summed E-state index contributed by atoms with van der Waals surface area (Å²) < 4.78 is 22.8. The van der Waals surface area contributed by atoms with E-state index in [1.165, 1.54) is 18.6 Å². The molecule has 0 amide bonds. The molecule has 0 fully saturated rings. The molecule has 0 atom stereocenters. The second-order valence-electron chi connectivity index (χ2n) is 12.4. The van der Waals surface area contributed by atoms with Crippen molar-refractivity contribution in [2.75, 3.05) is 36.7 Å². The summed E-state index contributed by atoms with van der Waals surface area (Å²) in [5.41, 5.74) is 20.6. The Labute approximate surface area is 324 Å². The van der Waals surface area contributed by atoms with Crippen molar-refractivity contribution in [1.29, 1.82) is 0 Å². The molecule has 0 radical (unpaired) electrons. The third-order valence-corrected chi connectivity index (χ3v) is 7.91. The van der Waals surface area contributed by atoms with Gasteiger partial charge in [-0.1, -0.05) is 39.3 Å². The number of hydrogen-bond acceptors (Lipinski definition) is 16. The lowest BCUT2D eigenvalue weighted by atomic mass is 9.99. The number of anilines is 5. The highest BCUT2D eigenvalue weighted by atomic mass is 35.5. The van der Waals surface area contributed by atoms with Gasteiger partial charge in [0.25, 0.3) is 0 Å². The number of benzene rings is 2. The summed E-state index contributed by atoms with van der Waals surface area (Å²) in [6, 6.07) is 7.82. The zero-order chi connectivity index (χ0) is 40.1. The molecular weight excluding hydrogens is 724 g/mol. The van der Waals surface area contributed by atoms with Crippen LogP contribution in [-0.4, -0.2) is 54.1 Å². The maximum absolute atomic E-state index is 6.16. The quantitative estimate of drug-likeness (QED) is 0.0973. The molecule has 6 aromatic rings. The first kappa shape index (κ1) is 41.2. The molecule has 4 aromatic heterocycles. The molecule has 0 unspecified atom stereocenters. The van der Waals surface area contributed by atoms with Crippen molar-refractivity contribution in [2.45, 2.75) is 53.4 Å². The van der Waals surface area contributed by atoms with Crippen molar-refractivity contribution in [2.24, 2.45) is 0 Å². The summed E-state index contributed by atoms with van der Waals surface area (Å²) in [6.45, 7) is 12.4. The Morgan fingerprint density at radius 3 is 1.53 bits per heavy atom. The van der Waals surface area contributed by atoms with Crippen LogP contribution < -0.4 is 41.5 Å². The number of rotatable bonds is 10. The smallest absolute Gasteiger partial charge is 0.222 e. The van der Waals surface area contributed by atoms with Gasteiger partial charge in [-0.15, -0.1) is 0 Å². The van der Waals surface area contributed by atoms with E-state index in [1.807, 2.05) is 32.0 Å². The van der Waals surface area contributed by atoms with E-state index in [2.05, 4.69) is 78.9 Å². The van der Waals surface area contributed by atoms with Crippen LogP contribution in [0, 0.1) is 13.8 Å². The van der Waals surface area contributed by atoms with E-state index in [4.69, 9.17) is 47.7 Å². The lowest BCUT2D eigenvalue weighted by Crippen LogP contribution is -2.04. The predicted molar refractivity (Wildman–Crippen MR) is 213 cm³/mol. The van der Waals surface area contributed by atoms with Crippen LogP contribution >= 0.6 is 11.6 Å². The van der Waals surface area contributed by atoms with Gasteiger partial charge in [0.1, 0.15) is 34.6 Å². The molecule has 7 N–H and O–H groups in total. The SMILES string of the molecule is COc1cc(Oc2cnc(N)nc2Cl)c(C(C)C)cc1C.COc1cc(Oc2cnc(N)nc2Nc2cnccn2)c(C(C)C)cc1C.Nc1cnccn1. The Morgan fingerprint density at radius 1 is 0.582 bits per heavy atom. The monoisotopic (exact) mass is 768 g/mol. The van der Waals surface area contributed by atoms with Gasteiger partial charge >= 0.3 is 0 Å². The van der Waals surface area contributed by atoms with E-state index >= 15 is 0 Å². The maximum atomic E-state index is 6.16. The van der Waals surface area contributed by atoms with E-state index in [0.29, 0.717) is 40.5 Å². The molecule has 0 saturated carbocycles. The fraction of sp³-hybridized carbons (Fsp3) is 0.263. The number of nitrogens with two attached hydrogens (primary N) is 3. The minimum atomic E-state index is 0.109. The van der Waals surface area contributed by atoms with Gasteiger partial charge in [0.2, 0.25) is 11.9 Å². The molecule has 0 aliphatic heterocycles. The number of nitrogen functional groups attached to an aromatic ring is 3. The number of aryl methyl sites for hydroxylation is 2. The van der Waals surface area contributed by atoms with Gasteiger partial charge < -0.3 is 41.5 Å². The van der Waals surface area contributed by atoms with Gasteiger partial charge in [0.05, 0.1) is 39.0 Å². The molecule has 0 aliphatic rings. The van der Waals surface area contributed by atoms with E-state index < -0.39 is 0 Å². The standard InChI is InChI=1S/C19H22N6O2.C15H18ClN3O2.C4H5N3/c1-11(2)13-7-12(3)14(26-4)8-15(13)27-16-9-23-19(20)25-18(16)24-17-10-21-5-6-22-17;1-8(2)10-5-9(3)11(20-4)6-12(10)21-13-7-18-15(17)19-14(13)16;5-4-3-6-1-2-7-4/h5-11H,1-4H3,(H3,20,22,23,24,25);5-8H,1-4H3,(H2,17,18,19);1-3H,(H2,5,7). The van der Waals surface area contributed by atoms with Crippen LogP contribution in [0.3, 0.4) is 0 Å². The third-order valence-electron chi connectivity index (χ3n) is 7.64. The highest BCUT2D eigenvalue weighted by Gasteiger charge is 2.17. The van der Waals surface area contributed by atoms with Gasteiger partial charge in [-0.2, -0.15) is 9.97 Å². The van der Waals surface area contributed by atoms with Crippen LogP contribution in [-0.2, 0) is 0 Å². The Morgan fingerprint density at radius 2 is 1.09 bits per heavy atom. The molecule has 0 aliphatic carbocycles. The summed E-state index contributed by atoms with van der Waals surface area (Å²) in [5, 5.41) is 3.24. The van der Waals surface area contributed by atoms with E-state index in [-0.39, 0.29) is 28.9 Å². The van der Waals surface area contributed by atoms with Crippen molar-refractivity contribution in [3.8, 4) is 34.5 Å². The highest BCUT2D eigenvalue weighted by Crippen LogP contribution is 2.39. The molecule has 0 saturated heterocycles. The number of ether oxygens (including phenoxy) is 4. The number of nitrogens with zero attached hydrogens (tertiary/aromatic N) is 8. The Balaban J connectivity index is 0.000000212. The van der Waals surface area contributed by atoms with Gasteiger partial charge in [-0.25, -0.2) is 19.9 Å². The lowest BCUT2D eigenvalue weighted by molar-refractivity contribution is 0.404. The molecule has 0 spiro atoms. The molecule has 0 bridgehead atoms. The zero-order valence-electron chi connectivity index (χ0n) is 31.9. The average molecular weight is 769 g/mol. The number of nitrogens with one attached hydrogen (secondary N) is 1. The fourth-order valence-corrected chi connectivity index (χ4v) is 5.09. The van der Waals surface area contributed by atoms with Gasteiger partial charge in [-0.3, -0.25) is 9.97 Å². The summed E-state index contributed by atoms with van der Waals surface area (Å²) >= 11 is 6.03. The summed E-state index contributed by atoms with van der Waals surface area (Å²) in [6.07, 6.45) is 12.4. The van der Waals surface area contributed by atoms with Crippen molar-refractivity contribution < 1.29 is 18.9 Å². The van der Waals surface area contributed by atoms with Crippen LogP contribution in [0.5, 0.6) is 34.5 Å². The summed E-state index contributed by atoms with van der Waals surface area (Å²) in [5.74, 6) is 5.78. The molecule has 6 rings (SSSR count). The molecular formula is C38H45ClN12O4. The van der Waals surface area contributed by atoms with Gasteiger partial charge in [-0.05, 0) is 60.1 Å². The molecule has 288 valence electrons. The first-order valence-electron chi connectivity index (χ1n) is 17.0. The highest BCUT2D eigenvalue weighted by molar-refractivity contribution is 6.30. The van der Waals surface area contributed by atoms with Crippen LogP contribution in [0.15, 0.2) is 73.8 Å². The van der Waals surface area contributed by atoms with Crippen LogP contribution in [0.25, 0.3) is 0 Å². The largest absolute Gasteiger partial charge is 0.496 e. The minimum Gasteiger partial charge on any atom is -0.496 e. The Hall–Kier alpha value is -6.55. The second kappa shape index (κ2) is 19.5. The normalized spacial score (nSPS) is 10.5. The van der Waals surface area contributed by atoms with Crippen LogP contribution in [0.4, 0.5) is 29.4 Å². The molecule has 2 aromatic carbocycles. The average Bonchev–Trinajstić information content (AvgIpc) is 3.16. The van der Waals surface area contributed by atoms with E-state index in [9.17, 15) is 0 Å². The maximum Gasteiger partial charge on any atom is 0.222 e. The zero-order valence-corrected chi connectivity index (χ0v) is 32.7. The van der Waals surface area contributed by atoms with Gasteiger partial charge in [0.15, 0.2) is 22.5 Å². The number of methoxy groups -OCH3 is 2. The van der Waals surface area contributed by atoms with Crippen molar-refractivity contribution in [1.82, 2.24) is 39.9 Å². The second-order valence-corrected chi connectivity index (χ2v) is 12.8. The molecule has 16 nitrogen and oxygen atoms in total. The van der Waals surface area contributed by atoms with Crippen molar-refractivity contribution >= 4 is 41.0 Å². The first-order chi connectivity index (χ1) is 26.3. The Kier molecular flexibility index (Phi) is 14.6. The number of hydrogen-bond donors (Lipinski definition) is 4. The van der Waals surface area contributed by atoms with E-state index in [1.54, 1.807) is 45.2 Å². The predicted octanol–water partition coefficient (Wildman–Crippen LogP) is 7.83. The van der Waals surface area contributed by atoms with Crippen LogP contribution in [0.2, 0.25) is 5.15 Å². The third kappa shape index (κ3) is 11.7. The van der Waals surface area contributed by atoms with Gasteiger partial charge in [0, 0.05) is 36.9 Å². The molecule has 4 heterocycles. The number of aromatic nitrogens is 8. The minimum absolute atomic E-state index is 0.109. The topological polar surface area (TPSA) is 230 Å². The Bertz CT molecular complexity index is 2160. The van der Waals surface area contributed by atoms with Crippen molar-refractivity contribution in [3.05, 3.63) is 101 Å². The lowest BCUT2D eigenvalue weighted by Gasteiger charge is -2.18. The number of halogens is 1. The summed E-state index contributed by atoms with van der Waals surface area (Å²) in [7, 11) is 3.26. The van der Waals surface area contributed by atoms with E-state index in [0.717, 1.165) is 33.8 Å². The molecule has 17 heteroatoms. The van der Waals surface area contributed by atoms with Crippen molar-refractivity contribution in [3.63, 3.8) is 0 Å².